The second-order valence-electron chi connectivity index (χ2n) is 6.62. The third-order valence-corrected chi connectivity index (χ3v) is 4.60. The fourth-order valence-corrected chi connectivity index (χ4v) is 3.10. The van der Waals surface area contributed by atoms with E-state index in [9.17, 15) is 9.59 Å². The van der Waals surface area contributed by atoms with Crippen LogP contribution in [0.5, 0.6) is 0 Å². The summed E-state index contributed by atoms with van der Waals surface area (Å²) < 4.78 is 6.03. The maximum Gasteiger partial charge on any atom is 0.270 e. The highest BCUT2D eigenvalue weighted by atomic mass is 16.3. The number of benzene rings is 1. The van der Waals surface area contributed by atoms with Gasteiger partial charge in [-0.1, -0.05) is 31.5 Å². The molecule has 0 radical (unpaired) electrons. The van der Waals surface area contributed by atoms with E-state index in [4.69, 9.17) is 4.42 Å². The van der Waals surface area contributed by atoms with Crippen molar-refractivity contribution in [3.8, 4) is 0 Å². The fraction of sp³-hybridized carbons (Fsp3) is 0.333. The Morgan fingerprint density at radius 1 is 1.23 bits per heavy atom. The van der Waals surface area contributed by atoms with E-state index in [1.807, 2.05) is 24.3 Å². The Morgan fingerprint density at radius 2 is 2.00 bits per heavy atom. The molecular formula is C21H24N2O3. The van der Waals surface area contributed by atoms with Crippen LogP contribution in [-0.4, -0.2) is 28.6 Å². The van der Waals surface area contributed by atoms with Gasteiger partial charge in [-0.05, 0) is 25.5 Å². The van der Waals surface area contributed by atoms with E-state index < -0.39 is 0 Å². The molecule has 136 valence electrons. The van der Waals surface area contributed by atoms with E-state index in [1.165, 1.54) is 6.92 Å². The van der Waals surface area contributed by atoms with Crippen molar-refractivity contribution in [1.29, 1.82) is 0 Å². The molecule has 0 aliphatic carbocycles. The SMILES string of the molecule is CCCCc1oc2ccccc2c1CN(C)C(=O)c1cc(C(C)=O)c[nH]1. The van der Waals surface area contributed by atoms with Crippen LogP contribution in [0.1, 0.15) is 58.9 Å². The first-order valence-electron chi connectivity index (χ1n) is 8.95. The summed E-state index contributed by atoms with van der Waals surface area (Å²) >= 11 is 0. The Hall–Kier alpha value is -2.82. The first-order valence-corrected chi connectivity index (χ1v) is 8.95. The zero-order valence-electron chi connectivity index (χ0n) is 15.5. The van der Waals surface area contributed by atoms with Crippen LogP contribution in [0.2, 0.25) is 0 Å². The highest BCUT2D eigenvalue weighted by Gasteiger charge is 2.20. The van der Waals surface area contributed by atoms with Gasteiger partial charge < -0.3 is 14.3 Å². The molecule has 0 fully saturated rings. The molecule has 26 heavy (non-hydrogen) atoms. The van der Waals surface area contributed by atoms with Crippen molar-refractivity contribution in [2.24, 2.45) is 0 Å². The number of aryl methyl sites for hydroxylation is 1. The van der Waals surface area contributed by atoms with Crippen molar-refractivity contribution in [3.05, 3.63) is 59.1 Å². The van der Waals surface area contributed by atoms with Crippen LogP contribution in [-0.2, 0) is 13.0 Å². The van der Waals surface area contributed by atoms with E-state index in [1.54, 1.807) is 24.2 Å². The van der Waals surface area contributed by atoms with Gasteiger partial charge in [-0.3, -0.25) is 9.59 Å². The predicted octanol–water partition coefficient (Wildman–Crippen LogP) is 4.58. The second-order valence-corrected chi connectivity index (χ2v) is 6.62. The molecular weight excluding hydrogens is 328 g/mol. The molecule has 3 aromatic rings. The third kappa shape index (κ3) is 3.57. The summed E-state index contributed by atoms with van der Waals surface area (Å²) in [5.41, 5.74) is 2.84. The van der Waals surface area contributed by atoms with Gasteiger partial charge in [-0.2, -0.15) is 0 Å². The molecule has 0 saturated heterocycles. The standard InChI is InChI=1S/C21H24N2O3/c1-4-5-9-20-17(16-8-6-7-10-19(16)26-20)13-23(3)21(25)18-11-15(12-22-18)14(2)24/h6-8,10-12,22H,4-5,9,13H2,1-3H3. The number of unbranched alkanes of at least 4 members (excludes halogenated alkanes) is 1. The minimum atomic E-state index is -0.149. The molecule has 1 amide bonds. The maximum atomic E-state index is 12.7. The quantitative estimate of drug-likeness (QED) is 0.633. The van der Waals surface area contributed by atoms with Gasteiger partial charge in [0.25, 0.3) is 5.91 Å². The van der Waals surface area contributed by atoms with Crippen molar-refractivity contribution in [2.45, 2.75) is 39.7 Å². The van der Waals surface area contributed by atoms with Crippen LogP contribution in [0.4, 0.5) is 0 Å². The Kier molecular flexibility index (Phi) is 5.26. The molecule has 0 atom stereocenters. The van der Waals surface area contributed by atoms with Crippen LogP contribution < -0.4 is 0 Å². The van der Waals surface area contributed by atoms with Gasteiger partial charge in [-0.25, -0.2) is 0 Å². The van der Waals surface area contributed by atoms with Crippen LogP contribution in [0.15, 0.2) is 40.9 Å². The number of nitrogens with zero attached hydrogens (tertiary/aromatic N) is 1. The number of nitrogens with one attached hydrogen (secondary N) is 1. The van der Waals surface area contributed by atoms with Gasteiger partial charge in [0.1, 0.15) is 17.0 Å². The highest BCUT2D eigenvalue weighted by molar-refractivity contribution is 5.99. The molecule has 0 saturated carbocycles. The number of hydrogen-bond acceptors (Lipinski definition) is 3. The number of amides is 1. The lowest BCUT2D eigenvalue weighted by Crippen LogP contribution is -2.26. The number of aromatic nitrogens is 1. The number of ketones is 1. The predicted molar refractivity (Wildman–Crippen MR) is 101 cm³/mol. The summed E-state index contributed by atoms with van der Waals surface area (Å²) in [5, 5.41) is 1.05. The average Bonchev–Trinajstić information content (AvgIpc) is 3.25. The molecule has 0 unspecified atom stereocenters. The van der Waals surface area contributed by atoms with Crippen LogP contribution >= 0.6 is 0 Å². The summed E-state index contributed by atoms with van der Waals surface area (Å²) in [6.07, 6.45) is 4.56. The number of para-hydroxylation sites is 1. The highest BCUT2D eigenvalue weighted by Crippen LogP contribution is 2.28. The minimum absolute atomic E-state index is 0.0642. The summed E-state index contributed by atoms with van der Waals surface area (Å²) in [5.74, 6) is 0.735. The normalized spacial score (nSPS) is 11.0. The maximum absolute atomic E-state index is 12.7. The lowest BCUT2D eigenvalue weighted by Gasteiger charge is -2.16. The van der Waals surface area contributed by atoms with Gasteiger partial charge in [0, 0.05) is 42.7 Å². The Bertz CT molecular complexity index is 936. The van der Waals surface area contributed by atoms with Crippen molar-refractivity contribution < 1.29 is 14.0 Å². The Labute approximate surface area is 153 Å². The van der Waals surface area contributed by atoms with Gasteiger partial charge >= 0.3 is 0 Å². The van der Waals surface area contributed by atoms with Gasteiger partial charge in [0.15, 0.2) is 5.78 Å². The number of aromatic amines is 1. The first kappa shape index (κ1) is 18.0. The second kappa shape index (κ2) is 7.60. The molecule has 1 N–H and O–H groups in total. The number of carbonyl (C=O) groups is 2. The number of Topliss-reactive ketones (excluding diaryl/α,β-unsaturated/α-hetero) is 1. The van der Waals surface area contributed by atoms with Crippen molar-refractivity contribution in [1.82, 2.24) is 9.88 Å². The lowest BCUT2D eigenvalue weighted by atomic mass is 10.1. The van der Waals surface area contributed by atoms with Gasteiger partial charge in [-0.15, -0.1) is 0 Å². The fourth-order valence-electron chi connectivity index (χ4n) is 3.10. The van der Waals surface area contributed by atoms with Crippen LogP contribution in [0, 0.1) is 0 Å². The van der Waals surface area contributed by atoms with E-state index in [0.29, 0.717) is 17.8 Å². The van der Waals surface area contributed by atoms with Crippen molar-refractivity contribution >= 4 is 22.7 Å². The number of fused-ring (bicyclic) bond motifs is 1. The number of carbonyl (C=O) groups excluding carboxylic acids is 2. The smallest absolute Gasteiger partial charge is 0.270 e. The van der Waals surface area contributed by atoms with Crippen molar-refractivity contribution in [3.63, 3.8) is 0 Å². The lowest BCUT2D eigenvalue weighted by molar-refractivity contribution is 0.0780. The largest absolute Gasteiger partial charge is 0.461 e. The molecule has 2 heterocycles. The molecule has 0 aliphatic rings. The monoisotopic (exact) mass is 352 g/mol. The van der Waals surface area contributed by atoms with Crippen molar-refractivity contribution in [2.75, 3.05) is 7.05 Å². The summed E-state index contributed by atoms with van der Waals surface area (Å²) in [7, 11) is 1.77. The topological polar surface area (TPSA) is 66.3 Å². The first-order chi connectivity index (χ1) is 12.5. The summed E-state index contributed by atoms with van der Waals surface area (Å²) in [6.45, 7) is 4.10. The van der Waals surface area contributed by atoms with E-state index >= 15 is 0 Å². The Balaban J connectivity index is 1.86. The number of hydrogen-bond donors (Lipinski definition) is 1. The zero-order valence-corrected chi connectivity index (χ0v) is 15.5. The number of H-pyrrole nitrogens is 1. The summed E-state index contributed by atoms with van der Waals surface area (Å²) in [6, 6.07) is 9.53. The molecule has 5 nitrogen and oxygen atoms in total. The van der Waals surface area contributed by atoms with E-state index in [2.05, 4.69) is 11.9 Å². The molecule has 0 bridgehead atoms. The van der Waals surface area contributed by atoms with Crippen LogP contribution in [0.25, 0.3) is 11.0 Å². The van der Waals surface area contributed by atoms with Crippen LogP contribution in [0.3, 0.4) is 0 Å². The zero-order chi connectivity index (χ0) is 18.7. The number of rotatable bonds is 7. The molecule has 0 spiro atoms. The average molecular weight is 352 g/mol. The van der Waals surface area contributed by atoms with Gasteiger partial charge in [0.05, 0.1) is 0 Å². The molecule has 5 heteroatoms. The summed E-state index contributed by atoms with van der Waals surface area (Å²) in [4.78, 5) is 28.7. The molecule has 2 aromatic heterocycles. The molecule has 3 rings (SSSR count). The van der Waals surface area contributed by atoms with E-state index in [0.717, 1.165) is 41.6 Å². The minimum Gasteiger partial charge on any atom is -0.461 e. The molecule has 0 aliphatic heterocycles. The van der Waals surface area contributed by atoms with E-state index in [-0.39, 0.29) is 11.7 Å². The van der Waals surface area contributed by atoms with Gasteiger partial charge in [0.2, 0.25) is 0 Å². The molecule has 1 aromatic carbocycles. The Morgan fingerprint density at radius 3 is 2.69 bits per heavy atom. The third-order valence-electron chi connectivity index (χ3n) is 4.60. The number of furan rings is 1.